The molecule has 2 saturated heterocycles. The second kappa shape index (κ2) is 9.20. The molecule has 2 aliphatic heterocycles. The summed E-state index contributed by atoms with van der Waals surface area (Å²) in [4.78, 5) is 9.83. The van der Waals surface area contributed by atoms with E-state index in [0.717, 1.165) is 73.5 Å². The largest absolute Gasteiger partial charge is 0.371 e. The Hall–Kier alpha value is -2.63. The van der Waals surface area contributed by atoms with Crippen LogP contribution < -0.4 is 9.80 Å². The third kappa shape index (κ3) is 4.27. The van der Waals surface area contributed by atoms with Crippen LogP contribution in [0.4, 0.5) is 11.4 Å². The van der Waals surface area contributed by atoms with Crippen molar-refractivity contribution in [3.8, 4) is 6.07 Å². The lowest BCUT2D eigenvalue weighted by molar-refractivity contribution is 0.438. The minimum Gasteiger partial charge on any atom is -0.371 e. The Bertz CT molecular complexity index is 1340. The second-order valence-corrected chi connectivity index (χ2v) is 12.9. The van der Waals surface area contributed by atoms with Crippen LogP contribution >= 0.6 is 11.3 Å². The van der Waals surface area contributed by atoms with Crippen LogP contribution in [0.25, 0.3) is 10.2 Å². The maximum Gasteiger partial charge on any atom is 0.218 e. The van der Waals surface area contributed by atoms with Gasteiger partial charge < -0.3 is 9.80 Å². The zero-order chi connectivity index (χ0) is 23.9. The molecule has 6 nitrogen and oxygen atoms in total. The number of pyridine rings is 1. The van der Waals surface area contributed by atoms with E-state index < -0.39 is 9.84 Å². The lowest BCUT2D eigenvalue weighted by atomic mass is 9.98. The number of piperidine rings is 2. The number of nitriles is 1. The molecule has 0 N–H and O–H groups in total. The number of rotatable bonds is 4. The SMILES string of the molecule is CC1CCN(c2cc(C#N)cc(S(=O)(=O)c3sc4ncccc4c3N3CCC(C)CC3)c2)CC1. The molecule has 1 aromatic carbocycles. The molecule has 34 heavy (non-hydrogen) atoms. The third-order valence-electron chi connectivity index (χ3n) is 7.23. The van der Waals surface area contributed by atoms with Gasteiger partial charge in [0.25, 0.3) is 0 Å². The molecule has 0 amide bonds. The molecule has 178 valence electrons. The minimum absolute atomic E-state index is 0.193. The Labute approximate surface area is 205 Å². The summed E-state index contributed by atoms with van der Waals surface area (Å²) in [6.07, 6.45) is 5.93. The predicted molar refractivity (Wildman–Crippen MR) is 137 cm³/mol. The molecule has 0 saturated carbocycles. The molecular weight excluding hydrogens is 464 g/mol. The number of nitrogens with zero attached hydrogens (tertiary/aromatic N) is 4. The molecule has 0 aliphatic carbocycles. The quantitative estimate of drug-likeness (QED) is 0.478. The average molecular weight is 495 g/mol. The van der Waals surface area contributed by atoms with Gasteiger partial charge in [-0.25, -0.2) is 13.4 Å². The van der Waals surface area contributed by atoms with Crippen LogP contribution in [-0.4, -0.2) is 39.6 Å². The highest BCUT2D eigenvalue weighted by Gasteiger charge is 2.32. The summed E-state index contributed by atoms with van der Waals surface area (Å²) in [5.41, 5.74) is 1.97. The van der Waals surface area contributed by atoms with E-state index in [0.29, 0.717) is 21.6 Å². The van der Waals surface area contributed by atoms with E-state index in [-0.39, 0.29) is 4.90 Å². The topological polar surface area (TPSA) is 77.3 Å². The molecule has 2 fully saturated rings. The molecule has 4 heterocycles. The maximum absolute atomic E-state index is 14.1. The number of hydrogen-bond donors (Lipinski definition) is 0. The number of benzene rings is 1. The van der Waals surface area contributed by atoms with Crippen LogP contribution in [0.5, 0.6) is 0 Å². The zero-order valence-electron chi connectivity index (χ0n) is 19.7. The summed E-state index contributed by atoms with van der Waals surface area (Å²) in [5.74, 6) is 1.31. The highest BCUT2D eigenvalue weighted by atomic mass is 32.2. The number of sulfone groups is 1. The summed E-state index contributed by atoms with van der Waals surface area (Å²) in [7, 11) is -3.84. The van der Waals surface area contributed by atoms with Gasteiger partial charge in [-0.3, -0.25) is 0 Å². The number of anilines is 2. The van der Waals surface area contributed by atoms with Crippen LogP contribution in [-0.2, 0) is 9.84 Å². The summed E-state index contributed by atoms with van der Waals surface area (Å²) < 4.78 is 28.6. The van der Waals surface area contributed by atoms with E-state index in [2.05, 4.69) is 34.7 Å². The minimum atomic E-state index is -3.84. The lowest BCUT2D eigenvalue weighted by Gasteiger charge is -2.33. The van der Waals surface area contributed by atoms with Crippen molar-refractivity contribution in [2.75, 3.05) is 36.0 Å². The van der Waals surface area contributed by atoms with Gasteiger partial charge in [0.15, 0.2) is 4.21 Å². The number of thiophene rings is 1. The molecule has 2 aliphatic rings. The fourth-order valence-electron chi connectivity index (χ4n) is 4.97. The maximum atomic E-state index is 14.1. The van der Waals surface area contributed by atoms with E-state index in [4.69, 9.17) is 0 Å². The first-order valence-electron chi connectivity index (χ1n) is 12.0. The van der Waals surface area contributed by atoms with Gasteiger partial charge in [0.2, 0.25) is 9.84 Å². The zero-order valence-corrected chi connectivity index (χ0v) is 21.3. The van der Waals surface area contributed by atoms with Crippen molar-refractivity contribution in [3.05, 3.63) is 42.1 Å². The van der Waals surface area contributed by atoms with Gasteiger partial charge in [0.1, 0.15) is 4.83 Å². The van der Waals surface area contributed by atoms with E-state index >= 15 is 0 Å². The summed E-state index contributed by atoms with van der Waals surface area (Å²) in [6, 6.07) is 11.1. The van der Waals surface area contributed by atoms with Crippen molar-refractivity contribution in [3.63, 3.8) is 0 Å². The van der Waals surface area contributed by atoms with Crippen molar-refractivity contribution >= 4 is 42.8 Å². The van der Waals surface area contributed by atoms with Crippen molar-refractivity contribution in [1.82, 2.24) is 4.98 Å². The van der Waals surface area contributed by atoms with Gasteiger partial charge in [0, 0.05) is 43.4 Å². The Kier molecular flexibility index (Phi) is 6.26. The average Bonchev–Trinajstić information content (AvgIpc) is 3.25. The first-order valence-corrected chi connectivity index (χ1v) is 14.3. The van der Waals surface area contributed by atoms with Crippen molar-refractivity contribution in [2.45, 2.75) is 48.6 Å². The highest BCUT2D eigenvalue weighted by molar-refractivity contribution is 7.93. The molecule has 0 radical (unpaired) electrons. The summed E-state index contributed by atoms with van der Waals surface area (Å²) >= 11 is 1.24. The first kappa shape index (κ1) is 23.1. The monoisotopic (exact) mass is 494 g/mol. The van der Waals surface area contributed by atoms with Crippen LogP contribution in [0.1, 0.15) is 45.1 Å². The predicted octanol–water partition coefficient (Wildman–Crippen LogP) is 5.47. The van der Waals surface area contributed by atoms with Gasteiger partial charge in [-0.1, -0.05) is 13.8 Å². The molecular formula is C26H30N4O2S2. The van der Waals surface area contributed by atoms with E-state index in [1.165, 1.54) is 17.4 Å². The van der Waals surface area contributed by atoms with Crippen LogP contribution in [0.15, 0.2) is 45.6 Å². The second-order valence-electron chi connectivity index (χ2n) is 9.76. The van der Waals surface area contributed by atoms with Crippen LogP contribution in [0.2, 0.25) is 0 Å². The molecule has 0 unspecified atom stereocenters. The van der Waals surface area contributed by atoms with Gasteiger partial charge in [0.05, 0.1) is 22.2 Å². The standard InChI is InChI=1S/C26H30N4O2S2/c1-18-5-10-29(11-6-18)21-14-20(17-27)15-22(16-21)34(31,32)26-24(30-12-7-19(2)8-13-30)23-4-3-9-28-25(23)33-26/h3-4,9,14-16,18-19H,5-8,10-13H2,1-2H3. The molecule has 0 atom stereocenters. The summed E-state index contributed by atoms with van der Waals surface area (Å²) in [6.45, 7) is 7.91. The van der Waals surface area contributed by atoms with Crippen LogP contribution in [0.3, 0.4) is 0 Å². The third-order valence-corrected chi connectivity index (χ3v) is 10.6. The van der Waals surface area contributed by atoms with E-state index in [9.17, 15) is 13.7 Å². The Morgan fingerprint density at radius 1 is 1.00 bits per heavy atom. The number of aromatic nitrogens is 1. The first-order chi connectivity index (χ1) is 16.4. The van der Waals surface area contributed by atoms with E-state index in [1.54, 1.807) is 12.3 Å². The fraction of sp³-hybridized carbons (Fsp3) is 0.462. The van der Waals surface area contributed by atoms with Crippen LogP contribution in [0, 0.1) is 23.2 Å². The molecule has 8 heteroatoms. The number of hydrogen-bond acceptors (Lipinski definition) is 7. The Balaban J connectivity index is 1.62. The highest BCUT2D eigenvalue weighted by Crippen LogP contribution is 2.44. The van der Waals surface area contributed by atoms with Gasteiger partial charge >= 0.3 is 0 Å². The fourth-order valence-corrected chi connectivity index (χ4v) is 8.10. The number of fused-ring (bicyclic) bond motifs is 1. The Morgan fingerprint density at radius 3 is 2.29 bits per heavy atom. The Morgan fingerprint density at radius 2 is 1.65 bits per heavy atom. The van der Waals surface area contributed by atoms with Gasteiger partial charge in [-0.05, 0) is 67.9 Å². The molecule has 2 aromatic heterocycles. The normalized spacial score (nSPS) is 18.4. The molecule has 0 spiro atoms. The molecule has 3 aromatic rings. The molecule has 5 rings (SSSR count). The van der Waals surface area contributed by atoms with Crippen molar-refractivity contribution < 1.29 is 8.42 Å². The smallest absolute Gasteiger partial charge is 0.218 e. The summed E-state index contributed by atoms with van der Waals surface area (Å²) in [5, 5.41) is 10.6. The molecule has 0 bridgehead atoms. The van der Waals surface area contributed by atoms with E-state index in [1.807, 2.05) is 18.2 Å². The van der Waals surface area contributed by atoms with Gasteiger partial charge in [-0.15, -0.1) is 11.3 Å². The van der Waals surface area contributed by atoms with Gasteiger partial charge in [-0.2, -0.15) is 5.26 Å². The van der Waals surface area contributed by atoms with Crippen molar-refractivity contribution in [2.24, 2.45) is 11.8 Å². The lowest BCUT2D eigenvalue weighted by Crippen LogP contribution is -2.33. The van der Waals surface area contributed by atoms with Crippen molar-refractivity contribution in [1.29, 1.82) is 5.26 Å².